The van der Waals surface area contributed by atoms with Crippen molar-refractivity contribution >= 4 is 16.0 Å². The topological polar surface area (TPSA) is 83.0 Å². The van der Waals surface area contributed by atoms with Crippen LogP contribution in [0.15, 0.2) is 29.3 Å². The molecule has 1 heterocycles. The second-order valence-corrected chi connectivity index (χ2v) is 8.62. The van der Waals surface area contributed by atoms with Gasteiger partial charge in [0.05, 0.1) is 6.54 Å². The number of hydrogen-bond donors (Lipinski definition) is 2. The summed E-state index contributed by atoms with van der Waals surface area (Å²) in [4.78, 5) is 4.40. The molecule has 2 rings (SSSR count). The first kappa shape index (κ1) is 23.3. The number of halogens is 3. The average Bonchev–Trinajstić information content (AvgIpc) is 2.66. The molecule has 0 unspecified atom stereocenters. The molecule has 2 N–H and O–H groups in total. The number of nitrogens with zero attached hydrogens (tertiary/aromatic N) is 2. The molecule has 29 heavy (non-hydrogen) atoms. The van der Waals surface area contributed by atoms with Crippen molar-refractivity contribution in [1.82, 2.24) is 14.9 Å². The highest BCUT2D eigenvalue weighted by atomic mass is 32.2. The lowest BCUT2D eigenvalue weighted by atomic mass is 10.1. The molecule has 0 aromatic heterocycles. The molecule has 1 aliphatic heterocycles. The van der Waals surface area contributed by atoms with Crippen LogP contribution in [-0.2, 0) is 10.0 Å². The summed E-state index contributed by atoms with van der Waals surface area (Å²) in [5, 5.41) is 6.23. The van der Waals surface area contributed by atoms with E-state index in [4.69, 9.17) is 4.74 Å². The predicted molar refractivity (Wildman–Crippen MR) is 105 cm³/mol. The number of aliphatic imine (C=N–C) groups is 1. The highest BCUT2D eigenvalue weighted by molar-refractivity contribution is 7.90. The molecular formula is C18H27F3N4O3S. The van der Waals surface area contributed by atoms with Crippen LogP contribution in [0, 0.1) is 6.92 Å². The summed E-state index contributed by atoms with van der Waals surface area (Å²) in [5.41, 5.74) is -4.12. The number of benzene rings is 1. The van der Waals surface area contributed by atoms with E-state index in [2.05, 4.69) is 15.6 Å². The molecule has 0 aliphatic carbocycles. The van der Waals surface area contributed by atoms with Gasteiger partial charge in [-0.1, -0.05) is 17.7 Å². The molecular weight excluding hydrogens is 409 g/mol. The molecule has 0 atom stereocenters. The third-order valence-corrected chi connectivity index (χ3v) is 6.05. The molecule has 0 bridgehead atoms. The Bertz CT molecular complexity index is 775. The van der Waals surface area contributed by atoms with Crippen molar-refractivity contribution in [3.8, 4) is 5.75 Å². The largest absolute Gasteiger partial charge is 0.511 e. The Hall–Kier alpha value is -2.01. The molecule has 1 fully saturated rings. The Morgan fingerprint density at radius 2 is 1.86 bits per heavy atom. The molecule has 1 aromatic rings. The molecule has 0 amide bonds. The zero-order valence-corrected chi connectivity index (χ0v) is 17.3. The van der Waals surface area contributed by atoms with Crippen molar-refractivity contribution in [2.75, 3.05) is 32.8 Å². The van der Waals surface area contributed by atoms with Gasteiger partial charge in [-0.3, -0.25) is 0 Å². The number of aryl methyl sites for hydroxylation is 1. The quantitative estimate of drug-likeness (QED) is 0.389. The number of alkyl halides is 3. The third-order valence-electron chi connectivity index (χ3n) is 4.42. The van der Waals surface area contributed by atoms with Crippen LogP contribution in [0.3, 0.4) is 0 Å². The summed E-state index contributed by atoms with van der Waals surface area (Å²) < 4.78 is 67.0. The Balaban J connectivity index is 1.82. The lowest BCUT2D eigenvalue weighted by Crippen LogP contribution is -2.51. The average molecular weight is 437 g/mol. The number of hydrogen-bond acceptors (Lipinski definition) is 4. The SMILES string of the molecule is CCNC(=NCCOc1ccc(C)cc1)NC1CCN(S(=O)(=O)C(F)(F)F)CC1. The lowest BCUT2D eigenvalue weighted by molar-refractivity contribution is -0.0494. The molecule has 1 aromatic carbocycles. The van der Waals surface area contributed by atoms with Crippen LogP contribution in [0.1, 0.15) is 25.3 Å². The summed E-state index contributed by atoms with van der Waals surface area (Å²) >= 11 is 0. The Labute approximate surface area is 169 Å². The zero-order chi connectivity index (χ0) is 21.5. The van der Waals surface area contributed by atoms with E-state index in [9.17, 15) is 21.6 Å². The van der Waals surface area contributed by atoms with E-state index in [1.165, 1.54) is 0 Å². The first-order valence-electron chi connectivity index (χ1n) is 9.44. The Morgan fingerprint density at radius 3 is 2.41 bits per heavy atom. The fourth-order valence-electron chi connectivity index (χ4n) is 2.86. The van der Waals surface area contributed by atoms with Crippen LogP contribution >= 0.6 is 0 Å². The number of guanidine groups is 1. The summed E-state index contributed by atoms with van der Waals surface area (Å²) in [6.45, 7) is 4.91. The molecule has 164 valence electrons. The second-order valence-electron chi connectivity index (χ2n) is 6.69. The molecule has 11 heteroatoms. The number of sulfonamides is 1. The number of rotatable bonds is 7. The van der Waals surface area contributed by atoms with E-state index in [1.54, 1.807) is 0 Å². The van der Waals surface area contributed by atoms with Crippen molar-refractivity contribution in [1.29, 1.82) is 0 Å². The monoisotopic (exact) mass is 436 g/mol. The first-order valence-corrected chi connectivity index (χ1v) is 10.9. The van der Waals surface area contributed by atoms with Gasteiger partial charge in [0, 0.05) is 25.7 Å². The van der Waals surface area contributed by atoms with Gasteiger partial charge in [0.15, 0.2) is 5.96 Å². The van der Waals surface area contributed by atoms with Crippen molar-refractivity contribution in [3.63, 3.8) is 0 Å². The molecule has 7 nitrogen and oxygen atoms in total. The van der Waals surface area contributed by atoms with Crippen molar-refractivity contribution < 1.29 is 26.3 Å². The molecule has 0 radical (unpaired) electrons. The second kappa shape index (κ2) is 10.1. The summed E-state index contributed by atoms with van der Waals surface area (Å²) in [7, 11) is -5.27. The minimum absolute atomic E-state index is 0.162. The maximum atomic E-state index is 12.7. The first-order chi connectivity index (χ1) is 13.6. The number of nitrogens with one attached hydrogen (secondary N) is 2. The van der Waals surface area contributed by atoms with Crippen molar-refractivity contribution in [3.05, 3.63) is 29.8 Å². The summed E-state index contributed by atoms with van der Waals surface area (Å²) in [6.07, 6.45) is 0.527. The molecule has 0 saturated carbocycles. The van der Waals surface area contributed by atoms with Crippen molar-refractivity contribution in [2.24, 2.45) is 4.99 Å². The smallest absolute Gasteiger partial charge is 0.492 e. The molecule has 1 aliphatic rings. The van der Waals surface area contributed by atoms with Crippen LogP contribution in [0.25, 0.3) is 0 Å². The van der Waals surface area contributed by atoms with Gasteiger partial charge in [-0.05, 0) is 38.8 Å². The van der Waals surface area contributed by atoms with Crippen LogP contribution < -0.4 is 15.4 Å². The summed E-state index contributed by atoms with van der Waals surface area (Å²) in [6, 6.07) is 7.51. The van der Waals surface area contributed by atoms with Gasteiger partial charge in [0.2, 0.25) is 0 Å². The Morgan fingerprint density at radius 1 is 1.24 bits per heavy atom. The van der Waals surface area contributed by atoms with Crippen LogP contribution in [0.5, 0.6) is 5.75 Å². The van der Waals surface area contributed by atoms with Gasteiger partial charge < -0.3 is 15.4 Å². The van der Waals surface area contributed by atoms with E-state index in [-0.39, 0.29) is 32.0 Å². The van der Waals surface area contributed by atoms with E-state index in [0.717, 1.165) is 11.3 Å². The van der Waals surface area contributed by atoms with E-state index >= 15 is 0 Å². The van der Waals surface area contributed by atoms with Gasteiger partial charge in [-0.25, -0.2) is 13.4 Å². The van der Waals surface area contributed by atoms with Crippen LogP contribution in [-0.4, -0.2) is 63.0 Å². The lowest BCUT2D eigenvalue weighted by Gasteiger charge is -2.32. The molecule has 0 spiro atoms. The van der Waals surface area contributed by atoms with Crippen LogP contribution in [0.4, 0.5) is 13.2 Å². The van der Waals surface area contributed by atoms with Crippen LogP contribution in [0.2, 0.25) is 0 Å². The highest BCUT2D eigenvalue weighted by Gasteiger charge is 2.50. The Kier molecular flexibility index (Phi) is 8.14. The number of ether oxygens (including phenoxy) is 1. The van der Waals surface area contributed by atoms with Crippen molar-refractivity contribution in [2.45, 2.75) is 38.2 Å². The van der Waals surface area contributed by atoms with Gasteiger partial charge in [0.1, 0.15) is 12.4 Å². The fraction of sp³-hybridized carbons (Fsp3) is 0.611. The standard InChI is InChI=1S/C18H27F3N4O3S/c1-3-22-17(23-10-13-28-16-6-4-14(2)5-7-16)24-15-8-11-25(12-9-15)29(26,27)18(19,20)21/h4-7,15H,3,8-13H2,1-2H3,(H2,22,23,24). The third kappa shape index (κ3) is 6.77. The number of piperidine rings is 1. The van der Waals surface area contributed by atoms with E-state index in [1.807, 2.05) is 38.1 Å². The highest BCUT2D eigenvalue weighted by Crippen LogP contribution is 2.28. The summed E-state index contributed by atoms with van der Waals surface area (Å²) in [5.74, 6) is 1.28. The molecule has 1 saturated heterocycles. The van der Waals surface area contributed by atoms with Gasteiger partial charge in [0.25, 0.3) is 0 Å². The maximum absolute atomic E-state index is 12.7. The maximum Gasteiger partial charge on any atom is 0.511 e. The fourth-order valence-corrected chi connectivity index (χ4v) is 3.84. The van der Waals surface area contributed by atoms with Gasteiger partial charge in [-0.15, -0.1) is 0 Å². The minimum Gasteiger partial charge on any atom is -0.492 e. The predicted octanol–water partition coefficient (Wildman–Crippen LogP) is 2.24. The van der Waals surface area contributed by atoms with E-state index in [0.29, 0.717) is 30.0 Å². The van der Waals surface area contributed by atoms with Gasteiger partial charge >= 0.3 is 15.5 Å². The van der Waals surface area contributed by atoms with E-state index < -0.39 is 15.5 Å². The van der Waals surface area contributed by atoms with Gasteiger partial charge in [-0.2, -0.15) is 17.5 Å². The normalized spacial score (nSPS) is 17.2. The zero-order valence-electron chi connectivity index (χ0n) is 16.5. The minimum atomic E-state index is -5.27.